The van der Waals surface area contributed by atoms with Crippen LogP contribution in [0.1, 0.15) is 10.4 Å². The van der Waals surface area contributed by atoms with Crippen LogP contribution >= 0.6 is 11.6 Å². The average molecular weight is 225 g/mol. The third-order valence-electron chi connectivity index (χ3n) is 1.92. The lowest BCUT2D eigenvalue weighted by molar-refractivity contribution is 0.0893. The van der Waals surface area contributed by atoms with E-state index in [0.29, 0.717) is 10.6 Å². The molecule has 6 heteroatoms. The summed E-state index contributed by atoms with van der Waals surface area (Å²) in [4.78, 5) is 11.8. The van der Waals surface area contributed by atoms with Gasteiger partial charge in [0.1, 0.15) is 12.9 Å². The molecule has 1 heterocycles. The van der Waals surface area contributed by atoms with Crippen molar-refractivity contribution in [2.45, 2.75) is 0 Å². The Hall–Kier alpha value is -1.59. The van der Waals surface area contributed by atoms with Gasteiger partial charge in [0.25, 0.3) is 0 Å². The van der Waals surface area contributed by atoms with Gasteiger partial charge in [-0.1, -0.05) is 23.7 Å². The predicted octanol–water partition coefficient (Wildman–Crippen LogP) is 0.791. The molecule has 0 aromatic heterocycles. The number of nitrogens with one attached hydrogen (secondary N) is 2. The molecule has 0 saturated carbocycles. The molecule has 0 spiro atoms. The fourth-order valence-electron chi connectivity index (χ4n) is 1.22. The van der Waals surface area contributed by atoms with Gasteiger partial charge in [0, 0.05) is 5.56 Å². The van der Waals surface area contributed by atoms with E-state index in [1.165, 1.54) is 11.5 Å². The van der Waals surface area contributed by atoms with Gasteiger partial charge in [0.15, 0.2) is 5.78 Å². The van der Waals surface area contributed by atoms with E-state index in [9.17, 15) is 4.79 Å². The summed E-state index contributed by atoms with van der Waals surface area (Å²) in [5.74, 6) is -0.0889. The van der Waals surface area contributed by atoms with Gasteiger partial charge >= 0.3 is 0 Å². The molecule has 1 aliphatic heterocycles. The molecule has 0 bridgehead atoms. The van der Waals surface area contributed by atoms with Gasteiger partial charge in [-0.2, -0.15) is 0 Å². The zero-order valence-corrected chi connectivity index (χ0v) is 8.53. The Morgan fingerprint density at radius 2 is 2.27 bits per heavy atom. The second-order valence-electron chi connectivity index (χ2n) is 2.96. The number of carbonyl (C=O) groups is 1. The molecule has 15 heavy (non-hydrogen) atoms. The smallest absolute Gasteiger partial charge is 0.187 e. The number of rotatable bonds is 3. The van der Waals surface area contributed by atoms with Crippen LogP contribution in [-0.2, 0) is 0 Å². The molecular formula is C9H9ClN4O. The van der Waals surface area contributed by atoms with E-state index < -0.39 is 0 Å². The van der Waals surface area contributed by atoms with Crippen LogP contribution in [0.15, 0.2) is 29.4 Å². The number of hydrogen-bond donors (Lipinski definition) is 2. The summed E-state index contributed by atoms with van der Waals surface area (Å²) in [7, 11) is 0. The van der Waals surface area contributed by atoms with Gasteiger partial charge in [-0.25, -0.2) is 5.12 Å². The Bertz CT molecular complexity index is 407. The molecule has 0 saturated heterocycles. The number of hydrogen-bond acceptors (Lipinski definition) is 5. The van der Waals surface area contributed by atoms with Crippen LogP contribution in [0, 0.1) is 0 Å². The molecule has 0 fully saturated rings. The highest BCUT2D eigenvalue weighted by molar-refractivity contribution is 6.34. The third-order valence-corrected chi connectivity index (χ3v) is 2.25. The van der Waals surface area contributed by atoms with Crippen LogP contribution in [0.2, 0.25) is 5.02 Å². The SMILES string of the molecule is O=C(CN1N=CNN1)c1ccccc1Cl. The Morgan fingerprint density at radius 1 is 1.47 bits per heavy atom. The fourth-order valence-corrected chi connectivity index (χ4v) is 1.46. The van der Waals surface area contributed by atoms with E-state index in [4.69, 9.17) is 11.6 Å². The zero-order valence-electron chi connectivity index (χ0n) is 7.77. The Morgan fingerprint density at radius 3 is 2.93 bits per heavy atom. The summed E-state index contributed by atoms with van der Waals surface area (Å²) in [6.45, 7) is 0.132. The number of ketones is 1. The van der Waals surface area contributed by atoms with Crippen molar-refractivity contribution in [2.75, 3.05) is 6.54 Å². The molecule has 2 rings (SSSR count). The normalized spacial score (nSPS) is 14.1. The highest BCUT2D eigenvalue weighted by atomic mass is 35.5. The van der Waals surface area contributed by atoms with Crippen molar-refractivity contribution in [3.05, 3.63) is 34.9 Å². The first-order valence-electron chi connectivity index (χ1n) is 4.36. The minimum atomic E-state index is -0.0889. The molecule has 0 amide bonds. The summed E-state index contributed by atoms with van der Waals surface area (Å²) < 4.78 is 0. The first kappa shape index (κ1) is 9.95. The van der Waals surface area contributed by atoms with Crippen molar-refractivity contribution in [2.24, 2.45) is 5.10 Å². The average Bonchev–Trinajstić information content (AvgIpc) is 2.71. The second kappa shape index (κ2) is 4.29. The molecule has 2 N–H and O–H groups in total. The number of halogens is 1. The van der Waals surface area contributed by atoms with Crippen LogP contribution in [0.5, 0.6) is 0 Å². The summed E-state index contributed by atoms with van der Waals surface area (Å²) >= 11 is 5.89. The van der Waals surface area contributed by atoms with Gasteiger partial charge < -0.3 is 0 Å². The quantitative estimate of drug-likeness (QED) is 0.746. The van der Waals surface area contributed by atoms with E-state index in [2.05, 4.69) is 16.1 Å². The number of hydrazone groups is 1. The standard InChI is InChI=1S/C9H9ClN4O/c10-8-4-2-1-3-7(8)9(15)5-14-12-6-11-13-14/h1-4,6,13H,5H2,(H,11,12). The largest absolute Gasteiger partial charge is 0.292 e. The first-order chi connectivity index (χ1) is 7.27. The van der Waals surface area contributed by atoms with Crippen LogP contribution in [0.3, 0.4) is 0 Å². The van der Waals surface area contributed by atoms with Crippen molar-refractivity contribution < 1.29 is 4.79 Å². The van der Waals surface area contributed by atoms with Crippen molar-refractivity contribution in [3.8, 4) is 0 Å². The van der Waals surface area contributed by atoms with Crippen LogP contribution in [0.25, 0.3) is 0 Å². The van der Waals surface area contributed by atoms with Gasteiger partial charge in [-0.05, 0) is 12.1 Å². The van der Waals surface area contributed by atoms with Crippen LogP contribution < -0.4 is 11.0 Å². The van der Waals surface area contributed by atoms with Gasteiger partial charge in [-0.3, -0.25) is 10.2 Å². The Balaban J connectivity index is 2.07. The molecular weight excluding hydrogens is 216 g/mol. The van der Waals surface area contributed by atoms with E-state index >= 15 is 0 Å². The highest BCUT2D eigenvalue weighted by Crippen LogP contribution is 2.15. The minimum Gasteiger partial charge on any atom is -0.292 e. The Labute approximate surface area is 91.7 Å². The number of carbonyl (C=O) groups excluding carboxylic acids is 1. The van der Waals surface area contributed by atoms with Crippen molar-refractivity contribution in [3.63, 3.8) is 0 Å². The van der Waals surface area contributed by atoms with Crippen LogP contribution in [0.4, 0.5) is 0 Å². The summed E-state index contributed by atoms with van der Waals surface area (Å²) in [5.41, 5.74) is 5.82. The molecule has 1 aromatic carbocycles. The van der Waals surface area contributed by atoms with Gasteiger partial charge in [-0.15, -0.1) is 10.6 Å². The third kappa shape index (κ3) is 2.26. The lowest BCUT2D eigenvalue weighted by Crippen LogP contribution is -2.39. The molecule has 0 atom stereocenters. The molecule has 0 radical (unpaired) electrons. The maximum atomic E-state index is 11.8. The highest BCUT2D eigenvalue weighted by Gasteiger charge is 2.14. The molecule has 5 nitrogen and oxygen atoms in total. The van der Waals surface area contributed by atoms with Gasteiger partial charge in [0.05, 0.1) is 5.02 Å². The van der Waals surface area contributed by atoms with Gasteiger partial charge in [0.2, 0.25) is 0 Å². The summed E-state index contributed by atoms with van der Waals surface area (Å²) in [5, 5.41) is 5.70. The lowest BCUT2D eigenvalue weighted by Gasteiger charge is -2.12. The molecule has 1 aliphatic rings. The monoisotopic (exact) mass is 224 g/mol. The van der Waals surface area contributed by atoms with E-state index in [-0.39, 0.29) is 12.3 Å². The zero-order chi connectivity index (χ0) is 10.7. The molecule has 0 unspecified atom stereocenters. The minimum absolute atomic E-state index is 0.0889. The van der Waals surface area contributed by atoms with Crippen molar-refractivity contribution in [1.82, 2.24) is 16.1 Å². The maximum absolute atomic E-state index is 11.8. The predicted molar refractivity (Wildman–Crippen MR) is 57.3 cm³/mol. The summed E-state index contributed by atoms with van der Waals surface area (Å²) in [6, 6.07) is 6.94. The number of nitrogens with zero attached hydrogens (tertiary/aromatic N) is 2. The number of Topliss-reactive ketones (excluding diaryl/α,β-unsaturated/α-hetero) is 1. The first-order valence-corrected chi connectivity index (χ1v) is 4.74. The van der Waals surface area contributed by atoms with Crippen molar-refractivity contribution in [1.29, 1.82) is 0 Å². The molecule has 1 aromatic rings. The molecule has 78 valence electrons. The summed E-state index contributed by atoms with van der Waals surface area (Å²) in [6.07, 6.45) is 1.46. The number of hydrazine groups is 2. The fraction of sp³-hybridized carbons (Fsp3) is 0.111. The maximum Gasteiger partial charge on any atom is 0.187 e. The van der Waals surface area contributed by atoms with Crippen LogP contribution in [-0.4, -0.2) is 23.8 Å². The van der Waals surface area contributed by atoms with E-state index in [0.717, 1.165) is 0 Å². The van der Waals surface area contributed by atoms with Crippen molar-refractivity contribution >= 4 is 23.7 Å². The molecule has 0 aliphatic carbocycles. The Kier molecular flexibility index (Phi) is 2.84. The lowest BCUT2D eigenvalue weighted by atomic mass is 10.1. The van der Waals surface area contributed by atoms with E-state index in [1.54, 1.807) is 24.3 Å². The number of benzene rings is 1. The second-order valence-corrected chi connectivity index (χ2v) is 3.37. The van der Waals surface area contributed by atoms with E-state index in [1.807, 2.05) is 0 Å². The topological polar surface area (TPSA) is 56.7 Å².